The number of alkyl halides is 3. The molecule has 0 saturated carbocycles. The highest BCUT2D eigenvalue weighted by Crippen LogP contribution is 2.42. The number of nitrogens with one attached hydrogen (secondary N) is 1. The fourth-order valence-electron chi connectivity index (χ4n) is 4.68. The number of anilines is 2. The van der Waals surface area contributed by atoms with Crippen molar-refractivity contribution in [1.29, 1.82) is 0 Å². The Morgan fingerprint density at radius 3 is 2.44 bits per heavy atom. The summed E-state index contributed by atoms with van der Waals surface area (Å²) in [6, 6.07) is 9.48. The number of hydrogen-bond acceptors (Lipinski definition) is 4. The number of fused-ring (bicyclic) bond motifs is 1. The van der Waals surface area contributed by atoms with E-state index in [0.29, 0.717) is 42.4 Å². The highest BCUT2D eigenvalue weighted by Gasteiger charge is 2.40. The Labute approximate surface area is 212 Å². The maximum atomic E-state index is 13.7. The van der Waals surface area contributed by atoms with Crippen molar-refractivity contribution in [2.24, 2.45) is 5.73 Å². The zero-order valence-electron chi connectivity index (χ0n) is 20.3. The largest absolute Gasteiger partial charge is 0.417 e. The zero-order chi connectivity index (χ0) is 26.3. The summed E-state index contributed by atoms with van der Waals surface area (Å²) in [5.41, 5.74) is 7.24. The predicted molar refractivity (Wildman–Crippen MR) is 135 cm³/mol. The van der Waals surface area contributed by atoms with Crippen LogP contribution in [0.15, 0.2) is 54.2 Å². The SMILES string of the molecule is CC/C=C(\CN)N1CCn2c(nc(-c3ccc(F)cc3)c2Nc2ccc(C(F)(F)F)c(Cl)c2)C1(C)C. The van der Waals surface area contributed by atoms with Gasteiger partial charge in [0.05, 0.1) is 16.1 Å². The Hall–Kier alpha value is -3.04. The number of nitrogens with zero attached hydrogens (tertiary/aromatic N) is 3. The predicted octanol–water partition coefficient (Wildman–Crippen LogP) is 6.91. The van der Waals surface area contributed by atoms with Crippen LogP contribution in [-0.2, 0) is 18.3 Å². The molecular formula is C26H28ClF4N5. The lowest BCUT2D eigenvalue weighted by atomic mass is 9.97. The first-order valence-corrected chi connectivity index (χ1v) is 12.0. The van der Waals surface area contributed by atoms with Gasteiger partial charge < -0.3 is 20.5 Å². The molecule has 3 aromatic rings. The van der Waals surface area contributed by atoms with E-state index < -0.39 is 22.3 Å². The molecular weight excluding hydrogens is 494 g/mol. The fraction of sp³-hybridized carbons (Fsp3) is 0.346. The molecule has 0 amide bonds. The maximum absolute atomic E-state index is 13.7. The van der Waals surface area contributed by atoms with E-state index in [1.807, 2.05) is 4.57 Å². The molecule has 0 fully saturated rings. The van der Waals surface area contributed by atoms with Crippen LogP contribution in [-0.4, -0.2) is 27.5 Å². The van der Waals surface area contributed by atoms with E-state index in [1.165, 1.54) is 24.3 Å². The number of halogens is 5. The van der Waals surface area contributed by atoms with Crippen molar-refractivity contribution in [3.63, 3.8) is 0 Å². The standard InChI is InChI=1S/C26H28ClF4N5/c1-4-5-19(15-32)36-13-12-35-23(33-18-10-11-20(21(27)14-18)26(29,30)31)22(34-24(35)25(36,2)3)16-6-8-17(28)9-7-16/h5-11,14,33H,4,12-13,15,32H2,1-3H3/b19-5+. The van der Waals surface area contributed by atoms with Crippen molar-refractivity contribution >= 4 is 23.1 Å². The van der Waals surface area contributed by atoms with Crippen LogP contribution in [0.25, 0.3) is 11.3 Å². The minimum Gasteiger partial charge on any atom is -0.360 e. The molecule has 0 spiro atoms. The molecule has 0 radical (unpaired) electrons. The van der Waals surface area contributed by atoms with Crippen LogP contribution in [0.1, 0.15) is 38.6 Å². The van der Waals surface area contributed by atoms with Crippen LogP contribution in [0.3, 0.4) is 0 Å². The summed E-state index contributed by atoms with van der Waals surface area (Å²) in [5.74, 6) is 0.966. The van der Waals surface area contributed by atoms with Crippen molar-refractivity contribution in [3.05, 3.63) is 76.5 Å². The highest BCUT2D eigenvalue weighted by molar-refractivity contribution is 6.31. The van der Waals surface area contributed by atoms with Gasteiger partial charge in [0.1, 0.15) is 23.2 Å². The number of hydrogen-bond donors (Lipinski definition) is 2. The Balaban J connectivity index is 1.84. The van der Waals surface area contributed by atoms with E-state index in [4.69, 9.17) is 22.3 Å². The molecule has 192 valence electrons. The third kappa shape index (κ3) is 4.82. The minimum absolute atomic E-state index is 0.379. The monoisotopic (exact) mass is 521 g/mol. The van der Waals surface area contributed by atoms with Crippen molar-refractivity contribution in [2.45, 2.75) is 45.5 Å². The molecule has 3 N–H and O–H groups in total. The summed E-state index contributed by atoms with van der Waals surface area (Å²) in [4.78, 5) is 7.19. The number of rotatable bonds is 6. The van der Waals surface area contributed by atoms with E-state index in [1.54, 1.807) is 12.1 Å². The van der Waals surface area contributed by atoms with Gasteiger partial charge in [-0.25, -0.2) is 9.37 Å². The van der Waals surface area contributed by atoms with Crippen molar-refractivity contribution in [2.75, 3.05) is 18.4 Å². The number of allylic oxidation sites excluding steroid dienone is 1. The number of nitrogens with two attached hydrogens (primary N) is 1. The molecule has 1 aliphatic rings. The van der Waals surface area contributed by atoms with Gasteiger partial charge in [0.25, 0.3) is 0 Å². The fourth-order valence-corrected chi connectivity index (χ4v) is 4.96. The Kier molecular flexibility index (Phi) is 7.07. The second-order valence-corrected chi connectivity index (χ2v) is 9.53. The van der Waals surface area contributed by atoms with Gasteiger partial charge in [0, 0.05) is 36.6 Å². The number of aromatic nitrogens is 2. The van der Waals surface area contributed by atoms with Gasteiger partial charge in [-0.15, -0.1) is 0 Å². The van der Waals surface area contributed by atoms with Crippen LogP contribution in [0.5, 0.6) is 0 Å². The Morgan fingerprint density at radius 2 is 1.86 bits per heavy atom. The quantitative estimate of drug-likeness (QED) is 0.346. The summed E-state index contributed by atoms with van der Waals surface area (Å²) in [6.45, 7) is 7.76. The number of benzene rings is 2. The summed E-state index contributed by atoms with van der Waals surface area (Å²) in [6.07, 6.45) is -1.61. The first-order chi connectivity index (χ1) is 17.0. The van der Waals surface area contributed by atoms with Gasteiger partial charge in [0.15, 0.2) is 0 Å². The van der Waals surface area contributed by atoms with Gasteiger partial charge in [-0.1, -0.05) is 24.6 Å². The van der Waals surface area contributed by atoms with Crippen LogP contribution in [0.4, 0.5) is 29.1 Å². The molecule has 1 aliphatic heterocycles. The third-order valence-corrected chi connectivity index (χ3v) is 6.70. The molecule has 4 rings (SSSR count). The van der Waals surface area contributed by atoms with Crippen molar-refractivity contribution in [1.82, 2.24) is 14.5 Å². The molecule has 2 heterocycles. The molecule has 0 aliphatic carbocycles. The van der Waals surface area contributed by atoms with Crippen LogP contribution < -0.4 is 11.1 Å². The first-order valence-electron chi connectivity index (χ1n) is 11.6. The van der Waals surface area contributed by atoms with Gasteiger partial charge >= 0.3 is 6.18 Å². The van der Waals surface area contributed by atoms with E-state index in [9.17, 15) is 17.6 Å². The summed E-state index contributed by atoms with van der Waals surface area (Å²) >= 11 is 5.97. The average molecular weight is 522 g/mol. The maximum Gasteiger partial charge on any atom is 0.417 e. The summed E-state index contributed by atoms with van der Waals surface area (Å²) in [7, 11) is 0. The lowest BCUT2D eigenvalue weighted by Crippen LogP contribution is -2.49. The van der Waals surface area contributed by atoms with Crippen LogP contribution in [0.2, 0.25) is 5.02 Å². The van der Waals surface area contributed by atoms with Gasteiger partial charge in [-0.2, -0.15) is 13.2 Å². The van der Waals surface area contributed by atoms with Gasteiger partial charge in [-0.3, -0.25) is 0 Å². The lowest BCUT2D eigenvalue weighted by Gasteiger charge is -2.45. The molecule has 1 aromatic heterocycles. The first kappa shape index (κ1) is 26.0. The van der Waals surface area contributed by atoms with Crippen LogP contribution in [0, 0.1) is 5.82 Å². The molecule has 36 heavy (non-hydrogen) atoms. The van der Waals surface area contributed by atoms with Gasteiger partial charge in [0.2, 0.25) is 0 Å². The highest BCUT2D eigenvalue weighted by atomic mass is 35.5. The van der Waals surface area contributed by atoms with Crippen molar-refractivity contribution < 1.29 is 17.6 Å². The second kappa shape index (κ2) is 9.78. The lowest BCUT2D eigenvalue weighted by molar-refractivity contribution is -0.137. The van der Waals surface area contributed by atoms with Gasteiger partial charge in [-0.05, 0) is 62.7 Å². The normalized spacial score (nSPS) is 15.7. The summed E-state index contributed by atoms with van der Waals surface area (Å²) < 4.78 is 55.3. The topological polar surface area (TPSA) is 59.1 Å². The van der Waals surface area contributed by atoms with E-state index in [2.05, 4.69) is 37.1 Å². The molecule has 10 heteroatoms. The molecule has 0 atom stereocenters. The molecule has 0 unspecified atom stereocenters. The number of imidazole rings is 1. The Bertz CT molecular complexity index is 1280. The molecule has 5 nitrogen and oxygen atoms in total. The van der Waals surface area contributed by atoms with E-state index in [-0.39, 0.29) is 5.82 Å². The smallest absolute Gasteiger partial charge is 0.360 e. The molecule has 0 bridgehead atoms. The Morgan fingerprint density at radius 1 is 1.17 bits per heavy atom. The third-order valence-electron chi connectivity index (χ3n) is 6.39. The van der Waals surface area contributed by atoms with E-state index >= 15 is 0 Å². The molecule has 2 aromatic carbocycles. The summed E-state index contributed by atoms with van der Waals surface area (Å²) in [5, 5.41) is 2.83. The average Bonchev–Trinajstić information content (AvgIpc) is 3.17. The second-order valence-electron chi connectivity index (χ2n) is 9.13. The van der Waals surface area contributed by atoms with Crippen molar-refractivity contribution in [3.8, 4) is 11.3 Å². The van der Waals surface area contributed by atoms with Crippen LogP contribution >= 0.6 is 11.6 Å². The zero-order valence-corrected chi connectivity index (χ0v) is 21.0. The minimum atomic E-state index is -4.55. The molecule has 0 saturated heterocycles. The van der Waals surface area contributed by atoms with E-state index in [0.717, 1.165) is 24.0 Å².